The van der Waals surface area contributed by atoms with Crippen molar-refractivity contribution in [2.75, 3.05) is 26.0 Å². The summed E-state index contributed by atoms with van der Waals surface area (Å²) in [5.74, 6) is 0.869. The first-order valence-corrected chi connectivity index (χ1v) is 7.98. The lowest BCUT2D eigenvalue weighted by molar-refractivity contribution is 0.590. The molecule has 3 rings (SSSR count). The molecule has 0 saturated heterocycles. The van der Waals surface area contributed by atoms with Gasteiger partial charge in [0.15, 0.2) is 5.43 Å². The van der Waals surface area contributed by atoms with Gasteiger partial charge in [0.05, 0.1) is 11.7 Å². The van der Waals surface area contributed by atoms with Crippen molar-refractivity contribution in [1.82, 2.24) is 14.9 Å². The van der Waals surface area contributed by atoms with E-state index in [1.807, 2.05) is 33.4 Å². The van der Waals surface area contributed by atoms with Crippen molar-refractivity contribution in [2.24, 2.45) is 0 Å². The normalized spacial score (nSPS) is 12.3. The van der Waals surface area contributed by atoms with E-state index in [2.05, 4.69) is 46.0 Å². The second-order valence-electron chi connectivity index (χ2n) is 6.11. The summed E-state index contributed by atoms with van der Waals surface area (Å²) in [5.41, 5.74) is 3.83. The van der Waals surface area contributed by atoms with Crippen molar-refractivity contribution >= 4 is 5.69 Å². The zero-order chi connectivity index (χ0) is 17.3. The van der Waals surface area contributed by atoms with Crippen LogP contribution in [0.1, 0.15) is 18.8 Å². The summed E-state index contributed by atoms with van der Waals surface area (Å²) in [5, 5.41) is 3.23. The molecule has 0 fully saturated rings. The Kier molecular flexibility index (Phi) is 4.36. The molecule has 0 bridgehead atoms. The van der Waals surface area contributed by atoms with E-state index in [0.717, 1.165) is 28.5 Å². The Morgan fingerprint density at radius 2 is 1.83 bits per heavy atom. The van der Waals surface area contributed by atoms with Gasteiger partial charge in [-0.25, -0.2) is 4.98 Å². The second kappa shape index (κ2) is 6.45. The van der Waals surface area contributed by atoms with Gasteiger partial charge in [0.2, 0.25) is 0 Å². The highest BCUT2D eigenvalue weighted by molar-refractivity contribution is 5.61. The van der Waals surface area contributed by atoms with Crippen molar-refractivity contribution in [2.45, 2.75) is 13.0 Å². The Hall–Kier alpha value is -2.66. The highest BCUT2D eigenvalue weighted by atomic mass is 16.1. The monoisotopic (exact) mass is 322 g/mol. The van der Waals surface area contributed by atoms with E-state index in [1.165, 1.54) is 0 Å². The molecule has 1 atom stereocenters. The largest absolute Gasteiger partial charge is 0.378 e. The zero-order valence-corrected chi connectivity index (χ0v) is 14.4. The van der Waals surface area contributed by atoms with Crippen molar-refractivity contribution < 1.29 is 0 Å². The molecule has 5 nitrogen and oxygen atoms in total. The molecule has 1 aromatic carbocycles. The summed E-state index contributed by atoms with van der Waals surface area (Å²) in [6.07, 6.45) is 2.04. The van der Waals surface area contributed by atoms with Gasteiger partial charge >= 0.3 is 0 Å². The fourth-order valence-electron chi connectivity index (χ4n) is 2.66. The van der Waals surface area contributed by atoms with Crippen LogP contribution in [0.4, 0.5) is 5.69 Å². The molecule has 1 unspecified atom stereocenters. The van der Waals surface area contributed by atoms with Crippen LogP contribution in [0.2, 0.25) is 0 Å². The highest BCUT2D eigenvalue weighted by Crippen LogP contribution is 2.25. The molecule has 1 aromatic rings. The smallest absolute Gasteiger partial charge is 0.180 e. The summed E-state index contributed by atoms with van der Waals surface area (Å²) >= 11 is 0. The summed E-state index contributed by atoms with van der Waals surface area (Å²) in [6, 6.07) is 13.4. The molecular formula is C19H22N4O. The molecule has 124 valence electrons. The molecule has 1 heterocycles. The fraction of sp³-hybridized carbons (Fsp3) is 0.263. The van der Waals surface area contributed by atoms with E-state index in [4.69, 9.17) is 4.98 Å². The molecule has 0 spiro atoms. The molecule has 1 N–H and O–H groups in total. The van der Waals surface area contributed by atoms with E-state index in [0.29, 0.717) is 0 Å². The second-order valence-corrected chi connectivity index (χ2v) is 6.11. The average molecular weight is 322 g/mol. The lowest BCUT2D eigenvalue weighted by Crippen LogP contribution is -2.21. The standard InChI is InChI=1S/C19H22N4O/c1-13(20-2)19-21-18-11-17(24)10-5-14(18)12-23(19)16-8-6-15(7-9-16)22(3)4/h5-13,20H,1-4H3. The predicted molar refractivity (Wildman–Crippen MR) is 98.3 cm³/mol. The van der Waals surface area contributed by atoms with Crippen LogP contribution in [0.15, 0.2) is 53.5 Å². The van der Waals surface area contributed by atoms with Crippen LogP contribution in [0.25, 0.3) is 16.9 Å². The topological polar surface area (TPSA) is 50.2 Å². The number of anilines is 1. The number of benzene rings is 2. The number of fused-ring (bicyclic) bond motifs is 1. The van der Waals surface area contributed by atoms with Gasteiger partial charge in [0, 0.05) is 43.3 Å². The quantitative estimate of drug-likeness (QED) is 0.802. The van der Waals surface area contributed by atoms with Crippen molar-refractivity contribution in [3.8, 4) is 16.9 Å². The van der Waals surface area contributed by atoms with Crippen LogP contribution in [0, 0.1) is 0 Å². The van der Waals surface area contributed by atoms with Crippen molar-refractivity contribution in [1.29, 1.82) is 0 Å². The Morgan fingerprint density at radius 3 is 2.46 bits per heavy atom. The average Bonchev–Trinajstić information content (AvgIpc) is 2.60. The minimum Gasteiger partial charge on any atom is -0.378 e. The minimum absolute atomic E-state index is 0.0221. The summed E-state index contributed by atoms with van der Waals surface area (Å²) in [4.78, 5) is 18.4. The van der Waals surface area contributed by atoms with Gasteiger partial charge in [-0.3, -0.25) is 4.79 Å². The summed E-state index contributed by atoms with van der Waals surface area (Å²) in [6.45, 7) is 2.06. The number of hydrogen-bond donors (Lipinski definition) is 1. The predicted octanol–water partition coefficient (Wildman–Crippen LogP) is 2.68. The SMILES string of the molecule is CNC(C)c1nc2cc(=O)ccc-2cn1-c1ccc(N(C)C)cc1. The van der Waals surface area contributed by atoms with E-state index in [1.54, 1.807) is 12.1 Å². The molecule has 24 heavy (non-hydrogen) atoms. The molecule has 0 radical (unpaired) electrons. The van der Waals surface area contributed by atoms with E-state index < -0.39 is 0 Å². The van der Waals surface area contributed by atoms with E-state index in [-0.39, 0.29) is 11.5 Å². The number of aromatic nitrogens is 2. The molecule has 2 aliphatic rings. The molecule has 0 saturated carbocycles. The summed E-state index contributed by atoms with van der Waals surface area (Å²) < 4.78 is 2.08. The fourth-order valence-corrected chi connectivity index (χ4v) is 2.66. The Morgan fingerprint density at radius 1 is 1.12 bits per heavy atom. The van der Waals surface area contributed by atoms with Crippen LogP contribution >= 0.6 is 0 Å². The van der Waals surface area contributed by atoms with Gasteiger partial charge in [-0.05, 0) is 50.4 Å². The minimum atomic E-state index is -0.0221. The van der Waals surface area contributed by atoms with Crippen molar-refractivity contribution in [3.63, 3.8) is 0 Å². The Labute approximate surface area is 141 Å². The number of nitrogens with zero attached hydrogens (tertiary/aromatic N) is 3. The molecule has 0 aromatic heterocycles. The maximum absolute atomic E-state index is 11.6. The van der Waals surface area contributed by atoms with Gasteiger partial charge in [0.25, 0.3) is 0 Å². The maximum atomic E-state index is 11.6. The van der Waals surface area contributed by atoms with Crippen LogP contribution in [0.3, 0.4) is 0 Å². The highest BCUT2D eigenvalue weighted by Gasteiger charge is 2.15. The lowest BCUT2D eigenvalue weighted by Gasteiger charge is -2.21. The van der Waals surface area contributed by atoms with Gasteiger partial charge in [-0.15, -0.1) is 0 Å². The Bertz CT molecular complexity index is 867. The first-order chi connectivity index (χ1) is 11.5. The first kappa shape index (κ1) is 16.2. The third-order valence-corrected chi connectivity index (χ3v) is 4.22. The van der Waals surface area contributed by atoms with Gasteiger partial charge in [-0.1, -0.05) is 0 Å². The molecular weight excluding hydrogens is 300 g/mol. The molecule has 0 amide bonds. The number of nitrogens with one attached hydrogen (secondary N) is 1. The third kappa shape index (κ3) is 3.03. The van der Waals surface area contributed by atoms with E-state index in [9.17, 15) is 4.79 Å². The first-order valence-electron chi connectivity index (χ1n) is 7.98. The Balaban J connectivity index is 2.19. The van der Waals surface area contributed by atoms with Gasteiger partial charge in [-0.2, -0.15) is 0 Å². The van der Waals surface area contributed by atoms with Crippen LogP contribution < -0.4 is 15.6 Å². The number of hydrogen-bond acceptors (Lipinski definition) is 4. The lowest BCUT2D eigenvalue weighted by atomic mass is 10.1. The summed E-state index contributed by atoms with van der Waals surface area (Å²) in [7, 11) is 5.95. The van der Waals surface area contributed by atoms with Crippen LogP contribution in [0.5, 0.6) is 0 Å². The maximum Gasteiger partial charge on any atom is 0.180 e. The van der Waals surface area contributed by atoms with Crippen molar-refractivity contribution in [3.05, 3.63) is 64.7 Å². The molecule has 1 aliphatic carbocycles. The number of rotatable bonds is 4. The molecule has 5 heteroatoms. The van der Waals surface area contributed by atoms with Crippen LogP contribution in [-0.4, -0.2) is 30.7 Å². The molecule has 1 aliphatic heterocycles. The van der Waals surface area contributed by atoms with Gasteiger partial charge in [0.1, 0.15) is 5.82 Å². The van der Waals surface area contributed by atoms with E-state index >= 15 is 0 Å². The van der Waals surface area contributed by atoms with Crippen LogP contribution in [-0.2, 0) is 0 Å². The van der Waals surface area contributed by atoms with Gasteiger partial charge < -0.3 is 14.8 Å². The zero-order valence-electron chi connectivity index (χ0n) is 14.4. The third-order valence-electron chi connectivity index (χ3n) is 4.22.